The number of benzene rings is 1. The number of alkyl halides is 3. The summed E-state index contributed by atoms with van der Waals surface area (Å²) >= 11 is 0. The van der Waals surface area contributed by atoms with Crippen molar-refractivity contribution in [2.24, 2.45) is 5.73 Å². The van der Waals surface area contributed by atoms with Gasteiger partial charge >= 0.3 is 6.18 Å². The van der Waals surface area contributed by atoms with Gasteiger partial charge in [-0.2, -0.15) is 13.2 Å². The second kappa shape index (κ2) is 6.60. The van der Waals surface area contributed by atoms with Crippen molar-refractivity contribution in [3.05, 3.63) is 29.8 Å². The highest BCUT2D eigenvalue weighted by Crippen LogP contribution is 2.18. The summed E-state index contributed by atoms with van der Waals surface area (Å²) in [4.78, 5) is 0. The van der Waals surface area contributed by atoms with E-state index in [2.05, 4.69) is 4.74 Å². The first-order chi connectivity index (χ1) is 7.01. The zero-order valence-corrected chi connectivity index (χ0v) is 9.27. The molecule has 0 saturated heterocycles. The van der Waals surface area contributed by atoms with Gasteiger partial charge in [0.05, 0.1) is 0 Å². The van der Waals surface area contributed by atoms with E-state index in [1.165, 1.54) is 12.1 Å². The van der Waals surface area contributed by atoms with E-state index in [0.29, 0.717) is 13.0 Å². The van der Waals surface area contributed by atoms with Crippen molar-refractivity contribution in [2.45, 2.75) is 12.6 Å². The fourth-order valence-electron chi connectivity index (χ4n) is 1.08. The molecule has 1 aromatic rings. The smallest absolute Gasteiger partial charge is 0.422 e. The van der Waals surface area contributed by atoms with Gasteiger partial charge in [0.2, 0.25) is 0 Å². The lowest BCUT2D eigenvalue weighted by atomic mass is 10.1. The predicted octanol–water partition coefficient (Wildman–Crippen LogP) is 2.55. The van der Waals surface area contributed by atoms with Crippen molar-refractivity contribution < 1.29 is 17.9 Å². The minimum absolute atomic E-state index is 0. The molecule has 0 aliphatic rings. The second-order valence-electron chi connectivity index (χ2n) is 3.09. The average Bonchev–Trinajstić information content (AvgIpc) is 2.16. The quantitative estimate of drug-likeness (QED) is 0.897. The van der Waals surface area contributed by atoms with Gasteiger partial charge in [-0.25, -0.2) is 0 Å². The molecule has 6 heteroatoms. The van der Waals surface area contributed by atoms with Gasteiger partial charge in [-0.05, 0) is 30.7 Å². The zero-order valence-electron chi connectivity index (χ0n) is 8.46. The first kappa shape index (κ1) is 15.1. The van der Waals surface area contributed by atoms with Crippen molar-refractivity contribution in [2.75, 3.05) is 13.2 Å². The van der Waals surface area contributed by atoms with Crippen molar-refractivity contribution in [3.63, 3.8) is 0 Å². The molecule has 0 atom stereocenters. The Hall–Kier alpha value is -0.940. The van der Waals surface area contributed by atoms with Crippen LogP contribution in [-0.2, 0) is 6.42 Å². The van der Waals surface area contributed by atoms with Crippen molar-refractivity contribution >= 4 is 12.4 Å². The van der Waals surface area contributed by atoms with E-state index in [9.17, 15) is 13.2 Å². The summed E-state index contributed by atoms with van der Waals surface area (Å²) in [5.41, 5.74) is 6.32. The van der Waals surface area contributed by atoms with Gasteiger partial charge in [-0.15, -0.1) is 12.4 Å². The lowest BCUT2D eigenvalue weighted by Gasteiger charge is -2.09. The lowest BCUT2D eigenvalue weighted by molar-refractivity contribution is -0.153. The average molecular weight is 256 g/mol. The van der Waals surface area contributed by atoms with Gasteiger partial charge in [-0.1, -0.05) is 12.1 Å². The molecule has 0 fully saturated rings. The fraction of sp³-hybridized carbons (Fsp3) is 0.400. The van der Waals surface area contributed by atoms with Gasteiger partial charge in [0.15, 0.2) is 6.61 Å². The van der Waals surface area contributed by atoms with Crippen LogP contribution >= 0.6 is 12.4 Å². The molecule has 16 heavy (non-hydrogen) atoms. The third-order valence-corrected chi connectivity index (χ3v) is 1.76. The number of rotatable bonds is 4. The van der Waals surface area contributed by atoms with Crippen LogP contribution in [0.3, 0.4) is 0 Å². The van der Waals surface area contributed by atoms with E-state index >= 15 is 0 Å². The molecule has 1 aromatic carbocycles. The van der Waals surface area contributed by atoms with Crippen molar-refractivity contribution in [3.8, 4) is 5.75 Å². The molecule has 1 rings (SSSR count). The Balaban J connectivity index is 0.00000225. The number of halogens is 4. The highest BCUT2D eigenvalue weighted by Gasteiger charge is 2.28. The molecule has 92 valence electrons. The Morgan fingerprint density at radius 1 is 1.12 bits per heavy atom. The first-order valence-electron chi connectivity index (χ1n) is 4.50. The monoisotopic (exact) mass is 255 g/mol. The van der Waals surface area contributed by atoms with Crippen molar-refractivity contribution in [1.82, 2.24) is 0 Å². The van der Waals surface area contributed by atoms with Crippen LogP contribution in [0.2, 0.25) is 0 Å². The molecule has 2 N–H and O–H groups in total. The largest absolute Gasteiger partial charge is 0.484 e. The molecule has 0 aliphatic carbocycles. The predicted molar refractivity (Wildman–Crippen MR) is 58.0 cm³/mol. The van der Waals surface area contributed by atoms with Crippen LogP contribution < -0.4 is 10.5 Å². The van der Waals surface area contributed by atoms with Gasteiger partial charge in [-0.3, -0.25) is 0 Å². The maximum Gasteiger partial charge on any atom is 0.422 e. The van der Waals surface area contributed by atoms with Crippen LogP contribution in [0.4, 0.5) is 13.2 Å². The van der Waals surface area contributed by atoms with Crippen LogP contribution in [0.15, 0.2) is 24.3 Å². The third kappa shape index (κ3) is 5.82. The molecule has 0 saturated carbocycles. The molecule has 0 spiro atoms. The number of hydrogen-bond acceptors (Lipinski definition) is 2. The van der Waals surface area contributed by atoms with Crippen LogP contribution in [0.1, 0.15) is 5.56 Å². The summed E-state index contributed by atoms with van der Waals surface area (Å²) in [5, 5.41) is 0. The van der Waals surface area contributed by atoms with Gasteiger partial charge in [0.25, 0.3) is 0 Å². The van der Waals surface area contributed by atoms with E-state index in [1.807, 2.05) is 0 Å². The maximum absolute atomic E-state index is 11.8. The molecule has 0 aromatic heterocycles. The minimum Gasteiger partial charge on any atom is -0.484 e. The maximum atomic E-state index is 11.8. The van der Waals surface area contributed by atoms with E-state index in [1.54, 1.807) is 12.1 Å². The summed E-state index contributed by atoms with van der Waals surface area (Å²) in [5.74, 6) is 0.216. The fourth-order valence-corrected chi connectivity index (χ4v) is 1.08. The first-order valence-corrected chi connectivity index (χ1v) is 4.50. The summed E-state index contributed by atoms with van der Waals surface area (Å²) < 4.78 is 39.9. The van der Waals surface area contributed by atoms with E-state index in [-0.39, 0.29) is 18.2 Å². The summed E-state index contributed by atoms with van der Waals surface area (Å²) in [7, 11) is 0. The van der Waals surface area contributed by atoms with Gasteiger partial charge < -0.3 is 10.5 Å². The second-order valence-corrected chi connectivity index (χ2v) is 3.09. The van der Waals surface area contributed by atoms with Gasteiger partial charge in [0, 0.05) is 0 Å². The Kier molecular flexibility index (Phi) is 6.21. The van der Waals surface area contributed by atoms with E-state index < -0.39 is 12.8 Å². The standard InChI is InChI=1S/C10H12F3NO.ClH/c11-10(12,13)7-15-9-3-1-8(2-4-9)5-6-14;/h1-4H,5-7,14H2;1H. The number of hydrogen-bond donors (Lipinski definition) is 1. The third-order valence-electron chi connectivity index (χ3n) is 1.76. The molecule has 0 radical (unpaired) electrons. The molecule has 0 bridgehead atoms. The molecule has 0 aliphatic heterocycles. The molecular weight excluding hydrogens is 243 g/mol. The molecular formula is C10H13ClF3NO. The number of ether oxygens (including phenoxy) is 1. The molecule has 0 amide bonds. The SMILES string of the molecule is Cl.NCCc1ccc(OCC(F)(F)F)cc1. The summed E-state index contributed by atoms with van der Waals surface area (Å²) in [6, 6.07) is 6.44. The topological polar surface area (TPSA) is 35.2 Å². The Morgan fingerprint density at radius 3 is 2.12 bits per heavy atom. The molecule has 0 heterocycles. The minimum atomic E-state index is -4.30. The van der Waals surface area contributed by atoms with E-state index in [0.717, 1.165) is 5.56 Å². The Labute approximate surface area is 98.0 Å². The highest BCUT2D eigenvalue weighted by atomic mass is 35.5. The summed E-state index contributed by atoms with van der Waals surface area (Å²) in [6.45, 7) is -0.744. The molecule has 0 unspecified atom stereocenters. The van der Waals surface area contributed by atoms with Crippen LogP contribution in [0, 0.1) is 0 Å². The zero-order chi connectivity index (χ0) is 11.3. The van der Waals surface area contributed by atoms with E-state index in [4.69, 9.17) is 5.73 Å². The summed E-state index contributed by atoms with van der Waals surface area (Å²) in [6.07, 6.45) is -3.59. The van der Waals surface area contributed by atoms with Crippen LogP contribution in [0.5, 0.6) is 5.75 Å². The number of nitrogens with two attached hydrogens (primary N) is 1. The van der Waals surface area contributed by atoms with Crippen LogP contribution in [0.25, 0.3) is 0 Å². The molecule has 2 nitrogen and oxygen atoms in total. The normalized spacial score (nSPS) is 10.8. The Morgan fingerprint density at radius 2 is 1.69 bits per heavy atom. The van der Waals surface area contributed by atoms with Gasteiger partial charge in [0.1, 0.15) is 5.75 Å². The highest BCUT2D eigenvalue weighted by molar-refractivity contribution is 5.85. The van der Waals surface area contributed by atoms with Crippen LogP contribution in [-0.4, -0.2) is 19.3 Å². The lowest BCUT2D eigenvalue weighted by Crippen LogP contribution is -2.19. The van der Waals surface area contributed by atoms with Crippen molar-refractivity contribution in [1.29, 1.82) is 0 Å². The Bertz CT molecular complexity index is 300.